The number of nitrogens with one attached hydrogen (secondary N) is 1. The monoisotopic (exact) mass is 347 g/mol. The molecule has 3 saturated carbocycles. The van der Waals surface area contributed by atoms with Crippen molar-refractivity contribution in [3.05, 3.63) is 0 Å². The highest BCUT2D eigenvalue weighted by Gasteiger charge is 2.61. The van der Waals surface area contributed by atoms with E-state index in [0.29, 0.717) is 30.9 Å². The number of fused-ring (bicyclic) bond motifs is 5. The van der Waals surface area contributed by atoms with Gasteiger partial charge in [0.15, 0.2) is 0 Å². The van der Waals surface area contributed by atoms with Crippen LogP contribution in [0.1, 0.15) is 72.1 Å². The summed E-state index contributed by atoms with van der Waals surface area (Å²) in [6, 6.07) is 0.363. The van der Waals surface area contributed by atoms with Gasteiger partial charge in [-0.05, 0) is 80.5 Å². The molecule has 0 aromatic heterocycles. The predicted molar refractivity (Wildman–Crippen MR) is 95.7 cm³/mol. The molecule has 1 N–H and O–H groups in total. The molecule has 1 heterocycles. The molecule has 0 bridgehead atoms. The van der Waals surface area contributed by atoms with Crippen LogP contribution in [0.15, 0.2) is 0 Å². The second-order valence-electron chi connectivity index (χ2n) is 9.51. The second-order valence-corrected chi connectivity index (χ2v) is 9.51. The van der Waals surface area contributed by atoms with E-state index < -0.39 is 0 Å². The molecule has 0 radical (unpaired) electrons. The average molecular weight is 347 g/mol. The molecule has 0 unspecified atom stereocenters. The lowest BCUT2D eigenvalue weighted by Crippen LogP contribution is -2.61. The van der Waals surface area contributed by atoms with Gasteiger partial charge in [-0.15, -0.1) is 0 Å². The summed E-state index contributed by atoms with van der Waals surface area (Å²) >= 11 is 0. The summed E-state index contributed by atoms with van der Waals surface area (Å²) in [4.78, 5) is 24.4. The summed E-state index contributed by atoms with van der Waals surface area (Å²) in [7, 11) is 0. The first-order chi connectivity index (χ1) is 11.9. The van der Waals surface area contributed by atoms with E-state index in [1.165, 1.54) is 19.3 Å². The van der Waals surface area contributed by atoms with Crippen molar-refractivity contribution >= 4 is 11.9 Å². The van der Waals surface area contributed by atoms with Gasteiger partial charge in [0.25, 0.3) is 0 Å². The molecule has 4 rings (SSSR count). The minimum atomic E-state index is 0.0378. The fourth-order valence-electron chi connectivity index (χ4n) is 7.33. The Labute approximate surface area is 151 Å². The number of piperidine rings is 1. The smallest absolute Gasteiger partial charge is 0.309 e. The Morgan fingerprint density at radius 2 is 1.84 bits per heavy atom. The standard InChI is InChI=1S/C21H33NO3/c1-4-25-19(24)16-7-6-14-13-5-8-17-21(3,12-10-18(23)22-17)15(13)9-11-20(14,16)2/h13-17H,4-12H2,1-3H3,(H,22,23)/t13-,14-,15-,16-,17+,20-,21+/m0/s1. The van der Waals surface area contributed by atoms with Gasteiger partial charge in [0.1, 0.15) is 0 Å². The van der Waals surface area contributed by atoms with Gasteiger partial charge in [0, 0.05) is 12.5 Å². The predicted octanol–water partition coefficient (Wildman–Crippen LogP) is 3.69. The van der Waals surface area contributed by atoms with Crippen LogP contribution in [0, 0.1) is 34.5 Å². The van der Waals surface area contributed by atoms with Gasteiger partial charge < -0.3 is 10.1 Å². The topological polar surface area (TPSA) is 55.4 Å². The van der Waals surface area contributed by atoms with Crippen LogP contribution in [-0.4, -0.2) is 24.5 Å². The molecule has 7 atom stereocenters. The molecule has 4 aliphatic rings. The van der Waals surface area contributed by atoms with Crippen LogP contribution in [0.2, 0.25) is 0 Å². The molecular weight excluding hydrogens is 314 g/mol. The molecule has 3 aliphatic carbocycles. The third-order valence-corrected chi connectivity index (χ3v) is 8.67. The molecule has 4 fully saturated rings. The van der Waals surface area contributed by atoms with Gasteiger partial charge >= 0.3 is 5.97 Å². The number of hydrogen-bond donors (Lipinski definition) is 1. The minimum absolute atomic E-state index is 0.0378. The maximum atomic E-state index is 12.5. The van der Waals surface area contributed by atoms with E-state index in [1.807, 2.05) is 6.92 Å². The third-order valence-electron chi connectivity index (χ3n) is 8.67. The molecule has 0 aromatic carbocycles. The van der Waals surface area contributed by atoms with Crippen LogP contribution >= 0.6 is 0 Å². The number of hydrogen-bond acceptors (Lipinski definition) is 3. The van der Waals surface area contributed by atoms with Gasteiger partial charge in [-0.1, -0.05) is 13.8 Å². The molecule has 140 valence electrons. The van der Waals surface area contributed by atoms with E-state index in [0.717, 1.165) is 31.6 Å². The van der Waals surface area contributed by atoms with E-state index in [4.69, 9.17) is 4.74 Å². The normalized spacial score (nSPS) is 48.8. The molecule has 4 nitrogen and oxygen atoms in total. The minimum Gasteiger partial charge on any atom is -0.466 e. The van der Waals surface area contributed by atoms with Crippen LogP contribution in [0.25, 0.3) is 0 Å². The van der Waals surface area contributed by atoms with Crippen molar-refractivity contribution in [2.45, 2.75) is 78.2 Å². The van der Waals surface area contributed by atoms with Crippen LogP contribution < -0.4 is 5.32 Å². The Hall–Kier alpha value is -1.06. The number of carbonyl (C=O) groups is 2. The van der Waals surface area contributed by atoms with Gasteiger partial charge in [-0.3, -0.25) is 9.59 Å². The van der Waals surface area contributed by atoms with Gasteiger partial charge in [0.2, 0.25) is 5.91 Å². The summed E-state index contributed by atoms with van der Waals surface area (Å²) in [6.07, 6.45) is 8.56. The van der Waals surface area contributed by atoms with Gasteiger partial charge in [0.05, 0.1) is 12.5 Å². The number of ether oxygens (including phenoxy) is 1. The van der Waals surface area contributed by atoms with Crippen molar-refractivity contribution in [1.29, 1.82) is 0 Å². The van der Waals surface area contributed by atoms with Crippen molar-refractivity contribution in [2.75, 3.05) is 6.61 Å². The zero-order chi connectivity index (χ0) is 17.8. The highest BCUT2D eigenvalue weighted by molar-refractivity contribution is 5.77. The molecule has 25 heavy (non-hydrogen) atoms. The quantitative estimate of drug-likeness (QED) is 0.775. The van der Waals surface area contributed by atoms with Gasteiger partial charge in [-0.25, -0.2) is 0 Å². The maximum absolute atomic E-state index is 12.5. The fraction of sp³-hybridized carbons (Fsp3) is 0.905. The molecule has 1 amide bonds. The molecule has 1 aliphatic heterocycles. The van der Waals surface area contributed by atoms with Gasteiger partial charge in [-0.2, -0.15) is 0 Å². The lowest BCUT2D eigenvalue weighted by atomic mass is 9.47. The Kier molecular flexibility index (Phi) is 4.16. The largest absolute Gasteiger partial charge is 0.466 e. The van der Waals surface area contributed by atoms with Crippen molar-refractivity contribution in [2.24, 2.45) is 34.5 Å². The van der Waals surface area contributed by atoms with Crippen LogP contribution in [0.3, 0.4) is 0 Å². The lowest BCUT2D eigenvalue weighted by Gasteiger charge is -2.60. The SMILES string of the molecule is CCOC(=O)[C@@H]1CC[C@H]2[C@@H]3CC[C@H]4NC(=O)CC[C@]4(C)[C@H]3CC[C@]12C. The Balaban J connectivity index is 1.58. The van der Waals surface area contributed by atoms with Crippen molar-refractivity contribution in [3.63, 3.8) is 0 Å². The molecule has 4 heteroatoms. The highest BCUT2D eigenvalue weighted by Crippen LogP contribution is 2.65. The van der Waals surface area contributed by atoms with Crippen LogP contribution in [0.5, 0.6) is 0 Å². The first kappa shape index (κ1) is 17.4. The Morgan fingerprint density at radius 1 is 1.08 bits per heavy atom. The first-order valence-electron chi connectivity index (χ1n) is 10.4. The van der Waals surface area contributed by atoms with Crippen LogP contribution in [-0.2, 0) is 14.3 Å². The maximum Gasteiger partial charge on any atom is 0.309 e. The van der Waals surface area contributed by atoms with E-state index >= 15 is 0 Å². The zero-order valence-corrected chi connectivity index (χ0v) is 16.0. The second kappa shape index (κ2) is 5.99. The fourth-order valence-corrected chi connectivity index (χ4v) is 7.33. The van der Waals surface area contributed by atoms with E-state index in [1.54, 1.807) is 0 Å². The number of amides is 1. The Morgan fingerprint density at radius 3 is 2.60 bits per heavy atom. The summed E-state index contributed by atoms with van der Waals surface area (Å²) in [5.74, 6) is 2.44. The van der Waals surface area contributed by atoms with E-state index in [2.05, 4.69) is 19.2 Å². The summed E-state index contributed by atoms with van der Waals surface area (Å²) < 4.78 is 5.41. The van der Waals surface area contributed by atoms with Crippen molar-refractivity contribution < 1.29 is 14.3 Å². The third kappa shape index (κ3) is 2.46. The number of rotatable bonds is 2. The number of carbonyl (C=O) groups excluding carboxylic acids is 2. The summed E-state index contributed by atoms with van der Waals surface area (Å²) in [5, 5.41) is 3.29. The van der Waals surface area contributed by atoms with E-state index in [9.17, 15) is 9.59 Å². The lowest BCUT2D eigenvalue weighted by molar-refractivity contribution is -0.158. The Bertz CT molecular complexity index is 575. The first-order valence-corrected chi connectivity index (χ1v) is 10.4. The molecule has 0 spiro atoms. The summed E-state index contributed by atoms with van der Waals surface area (Å²) in [6.45, 7) is 7.18. The van der Waals surface area contributed by atoms with Crippen LogP contribution in [0.4, 0.5) is 0 Å². The van der Waals surface area contributed by atoms with Crippen molar-refractivity contribution in [3.8, 4) is 0 Å². The number of esters is 1. The van der Waals surface area contributed by atoms with E-state index in [-0.39, 0.29) is 28.6 Å². The molecule has 1 saturated heterocycles. The molecular formula is C21H33NO3. The zero-order valence-electron chi connectivity index (χ0n) is 16.0. The molecule has 0 aromatic rings. The average Bonchev–Trinajstić information content (AvgIpc) is 2.93. The van der Waals surface area contributed by atoms with Crippen molar-refractivity contribution in [1.82, 2.24) is 5.32 Å². The summed E-state index contributed by atoms with van der Waals surface area (Å²) in [5.41, 5.74) is 0.370. The highest BCUT2D eigenvalue weighted by atomic mass is 16.5.